The van der Waals surface area contributed by atoms with E-state index in [1.54, 1.807) is 7.05 Å². The zero-order valence-electron chi connectivity index (χ0n) is 16.6. The third kappa shape index (κ3) is 3.42. The predicted molar refractivity (Wildman–Crippen MR) is 111 cm³/mol. The van der Waals surface area contributed by atoms with Gasteiger partial charge in [0, 0.05) is 30.4 Å². The zero-order valence-corrected chi connectivity index (χ0v) is 16.6. The van der Waals surface area contributed by atoms with Crippen molar-refractivity contribution in [3.63, 3.8) is 0 Å². The van der Waals surface area contributed by atoms with E-state index in [9.17, 15) is 4.79 Å². The lowest BCUT2D eigenvalue weighted by Crippen LogP contribution is -2.47. The van der Waals surface area contributed by atoms with Crippen molar-refractivity contribution in [3.8, 4) is 11.4 Å². The van der Waals surface area contributed by atoms with Gasteiger partial charge in [0.05, 0.1) is 31.0 Å². The Morgan fingerprint density at radius 1 is 1.17 bits per heavy atom. The molecule has 0 saturated carbocycles. The molecule has 3 aliphatic heterocycles. The van der Waals surface area contributed by atoms with E-state index in [0.717, 1.165) is 74.2 Å². The van der Waals surface area contributed by atoms with E-state index in [1.165, 1.54) is 5.56 Å². The number of nitrogens with one attached hydrogen (secondary N) is 3. The van der Waals surface area contributed by atoms with Gasteiger partial charge in [0.1, 0.15) is 5.82 Å². The van der Waals surface area contributed by atoms with Crippen LogP contribution in [0.25, 0.3) is 11.4 Å². The fourth-order valence-corrected chi connectivity index (χ4v) is 4.55. The molecule has 2 aromatic rings. The minimum Gasteiger partial charge on any atom is -0.377 e. The van der Waals surface area contributed by atoms with Gasteiger partial charge < -0.3 is 25.6 Å². The molecule has 2 amide bonds. The number of ether oxygens (including phenoxy) is 1. The first kappa shape index (κ1) is 18.3. The third-order valence-corrected chi connectivity index (χ3v) is 6.03. The molecule has 2 atom stereocenters. The van der Waals surface area contributed by atoms with E-state index < -0.39 is 0 Å². The molecule has 0 radical (unpaired) electrons. The van der Waals surface area contributed by atoms with Crippen molar-refractivity contribution in [1.82, 2.24) is 20.6 Å². The van der Waals surface area contributed by atoms with Crippen LogP contribution in [0, 0.1) is 0 Å². The van der Waals surface area contributed by atoms with Gasteiger partial charge in [-0.25, -0.2) is 14.8 Å². The van der Waals surface area contributed by atoms with E-state index in [1.807, 2.05) is 24.3 Å². The topological polar surface area (TPSA) is 91.4 Å². The van der Waals surface area contributed by atoms with Crippen LogP contribution in [-0.2, 0) is 17.7 Å². The van der Waals surface area contributed by atoms with Crippen molar-refractivity contribution in [2.75, 3.05) is 37.0 Å². The van der Waals surface area contributed by atoms with Gasteiger partial charge in [-0.05, 0) is 50.1 Å². The van der Waals surface area contributed by atoms with E-state index >= 15 is 0 Å². The van der Waals surface area contributed by atoms with Crippen LogP contribution in [0.3, 0.4) is 0 Å². The standard InChI is InChI=1S/C21H26N6O2/c1-22-21(28)24-14-4-2-13(3-5-14)19-25-18-10-23-9-8-17(18)20(26-19)27-15-6-7-16(27)12-29-11-15/h2-5,15-16,23H,6-12H2,1H3,(H2,22,24,28). The van der Waals surface area contributed by atoms with E-state index in [4.69, 9.17) is 14.7 Å². The second-order valence-electron chi connectivity index (χ2n) is 7.83. The molecule has 2 unspecified atom stereocenters. The molecular formula is C21H26N6O2. The van der Waals surface area contributed by atoms with Crippen LogP contribution in [0.1, 0.15) is 24.1 Å². The molecule has 1 aromatic heterocycles. The molecule has 2 bridgehead atoms. The Balaban J connectivity index is 1.52. The van der Waals surface area contributed by atoms with Crippen molar-refractivity contribution in [3.05, 3.63) is 35.5 Å². The number of hydrogen-bond acceptors (Lipinski definition) is 6. The van der Waals surface area contributed by atoms with Crippen LogP contribution in [-0.4, -0.2) is 54.9 Å². The molecule has 8 nitrogen and oxygen atoms in total. The molecule has 3 N–H and O–H groups in total. The maximum absolute atomic E-state index is 11.5. The van der Waals surface area contributed by atoms with Gasteiger partial charge in [-0.3, -0.25) is 0 Å². The highest BCUT2D eigenvalue weighted by Gasteiger charge is 2.40. The SMILES string of the molecule is CNC(=O)Nc1ccc(-c2nc3c(c(N4C5CCC4COC5)n2)CCNC3)cc1. The van der Waals surface area contributed by atoms with E-state index in [-0.39, 0.29) is 6.03 Å². The number of carbonyl (C=O) groups is 1. The average molecular weight is 394 g/mol. The van der Waals surface area contributed by atoms with Crippen LogP contribution in [0.15, 0.2) is 24.3 Å². The first-order valence-corrected chi connectivity index (χ1v) is 10.3. The van der Waals surface area contributed by atoms with Crippen LogP contribution < -0.4 is 20.9 Å². The summed E-state index contributed by atoms with van der Waals surface area (Å²) in [7, 11) is 1.60. The van der Waals surface area contributed by atoms with Gasteiger partial charge in [0.25, 0.3) is 0 Å². The zero-order chi connectivity index (χ0) is 19.8. The Bertz CT molecular complexity index is 900. The number of fused-ring (bicyclic) bond motifs is 3. The molecule has 8 heteroatoms. The fourth-order valence-electron chi connectivity index (χ4n) is 4.55. The third-order valence-electron chi connectivity index (χ3n) is 6.03. The Morgan fingerprint density at radius 2 is 1.93 bits per heavy atom. The summed E-state index contributed by atoms with van der Waals surface area (Å²) in [5.41, 5.74) is 4.06. The maximum Gasteiger partial charge on any atom is 0.318 e. The lowest BCUT2D eigenvalue weighted by Gasteiger charge is -2.37. The number of rotatable bonds is 3. The Labute approximate surface area is 170 Å². The normalized spacial score (nSPS) is 22.9. The summed E-state index contributed by atoms with van der Waals surface area (Å²) < 4.78 is 5.78. The van der Waals surface area contributed by atoms with Crippen LogP contribution in [0.5, 0.6) is 0 Å². The quantitative estimate of drug-likeness (QED) is 0.737. The molecule has 152 valence electrons. The van der Waals surface area contributed by atoms with Crippen molar-refractivity contribution < 1.29 is 9.53 Å². The lowest BCUT2D eigenvalue weighted by molar-refractivity contribution is 0.0901. The number of hydrogen-bond donors (Lipinski definition) is 3. The largest absolute Gasteiger partial charge is 0.377 e. The summed E-state index contributed by atoms with van der Waals surface area (Å²) >= 11 is 0. The lowest BCUT2D eigenvalue weighted by atomic mass is 10.0. The summed E-state index contributed by atoms with van der Waals surface area (Å²) in [6.07, 6.45) is 3.28. The number of morpholine rings is 1. The Morgan fingerprint density at radius 3 is 2.66 bits per heavy atom. The number of anilines is 2. The maximum atomic E-state index is 11.5. The number of aromatic nitrogens is 2. The van der Waals surface area contributed by atoms with E-state index in [0.29, 0.717) is 12.1 Å². The molecule has 2 saturated heterocycles. The van der Waals surface area contributed by atoms with Crippen molar-refractivity contribution in [2.45, 2.75) is 37.9 Å². The van der Waals surface area contributed by atoms with Crippen molar-refractivity contribution in [2.24, 2.45) is 0 Å². The summed E-state index contributed by atoms with van der Waals surface area (Å²) in [5, 5.41) is 8.77. The first-order chi connectivity index (χ1) is 14.2. The summed E-state index contributed by atoms with van der Waals surface area (Å²) in [5.74, 6) is 1.83. The summed E-state index contributed by atoms with van der Waals surface area (Å²) in [4.78, 5) is 24.0. The molecule has 4 heterocycles. The van der Waals surface area contributed by atoms with Gasteiger partial charge in [-0.1, -0.05) is 0 Å². The first-order valence-electron chi connectivity index (χ1n) is 10.3. The van der Waals surface area contributed by atoms with E-state index in [2.05, 4.69) is 20.9 Å². The molecule has 3 aliphatic rings. The minimum absolute atomic E-state index is 0.237. The number of carbonyl (C=O) groups excluding carboxylic acids is 1. The number of nitrogens with zero attached hydrogens (tertiary/aromatic N) is 3. The summed E-state index contributed by atoms with van der Waals surface area (Å²) in [6.45, 7) is 3.29. The fraction of sp³-hybridized carbons (Fsp3) is 0.476. The van der Waals surface area contributed by atoms with Gasteiger partial charge in [-0.15, -0.1) is 0 Å². The minimum atomic E-state index is -0.237. The van der Waals surface area contributed by atoms with Gasteiger partial charge >= 0.3 is 6.03 Å². The smallest absolute Gasteiger partial charge is 0.318 e. The van der Waals surface area contributed by atoms with Crippen LogP contribution in [0.2, 0.25) is 0 Å². The summed E-state index contributed by atoms with van der Waals surface area (Å²) in [6, 6.07) is 8.26. The monoisotopic (exact) mass is 394 g/mol. The average Bonchev–Trinajstić information content (AvgIpc) is 3.01. The predicted octanol–water partition coefficient (Wildman–Crippen LogP) is 1.91. The molecule has 0 spiro atoms. The molecule has 5 rings (SSSR count). The van der Waals surface area contributed by atoms with Crippen LogP contribution >= 0.6 is 0 Å². The Hall–Kier alpha value is -2.71. The number of benzene rings is 1. The second-order valence-corrected chi connectivity index (χ2v) is 7.83. The highest BCUT2D eigenvalue weighted by Crippen LogP contribution is 2.37. The number of urea groups is 1. The molecule has 2 fully saturated rings. The van der Waals surface area contributed by atoms with Gasteiger partial charge in [0.2, 0.25) is 0 Å². The molecule has 29 heavy (non-hydrogen) atoms. The van der Waals surface area contributed by atoms with Crippen molar-refractivity contribution in [1.29, 1.82) is 0 Å². The highest BCUT2D eigenvalue weighted by atomic mass is 16.5. The molecular weight excluding hydrogens is 368 g/mol. The highest BCUT2D eigenvalue weighted by molar-refractivity contribution is 5.89. The van der Waals surface area contributed by atoms with Crippen LogP contribution in [0.4, 0.5) is 16.3 Å². The molecule has 1 aromatic carbocycles. The van der Waals surface area contributed by atoms with Crippen molar-refractivity contribution >= 4 is 17.5 Å². The van der Waals surface area contributed by atoms with Gasteiger partial charge in [-0.2, -0.15) is 0 Å². The van der Waals surface area contributed by atoms with Gasteiger partial charge in [0.15, 0.2) is 5.82 Å². The number of amides is 2. The Kier molecular flexibility index (Phi) is 4.81. The molecule has 0 aliphatic carbocycles. The second kappa shape index (κ2) is 7.61.